The van der Waals surface area contributed by atoms with Crippen LogP contribution in [0.3, 0.4) is 0 Å². The number of fused-ring (bicyclic) bond motifs is 28. The number of rotatable bonds is 10. The molecule has 2 aliphatic rings. The molecule has 27 aromatic rings. The van der Waals surface area contributed by atoms with Crippen LogP contribution in [0.15, 0.2) is 409 Å². The van der Waals surface area contributed by atoms with Crippen LogP contribution in [0.25, 0.3) is 185 Å². The number of para-hydroxylation sites is 4. The van der Waals surface area contributed by atoms with E-state index in [0.717, 1.165) is 160 Å². The zero-order valence-electron chi connectivity index (χ0n) is 84.4. The second-order valence-electron chi connectivity index (χ2n) is 40.7. The van der Waals surface area contributed by atoms with Crippen molar-refractivity contribution in [1.29, 1.82) is 0 Å². The van der Waals surface area contributed by atoms with E-state index in [2.05, 4.69) is 437 Å². The van der Waals surface area contributed by atoms with Crippen molar-refractivity contribution >= 4 is 231 Å². The lowest BCUT2D eigenvalue weighted by atomic mass is 9.82. The first-order valence-electron chi connectivity index (χ1n) is 50.0. The number of benzene rings is 19. The Hall–Kier alpha value is -17.3. The van der Waals surface area contributed by atoms with E-state index in [9.17, 15) is 0 Å². The van der Waals surface area contributed by atoms with Crippen LogP contribution in [0.5, 0.6) is 0 Å². The molecule has 8 aromatic heterocycles. The van der Waals surface area contributed by atoms with Gasteiger partial charge < -0.3 is 55.6 Å². The fourth-order valence-corrected chi connectivity index (χ4v) is 23.6. The van der Waals surface area contributed by atoms with Crippen LogP contribution >= 0.6 is 11.3 Å². The summed E-state index contributed by atoms with van der Waals surface area (Å²) in [6.45, 7) is 20.1. The lowest BCUT2D eigenvalue weighted by Crippen LogP contribution is -2.16. The number of hydrogen-bond acceptors (Lipinski definition) is 12. The molecular weight excluding hydrogens is 1810 g/mol. The van der Waals surface area contributed by atoms with Gasteiger partial charge >= 0.3 is 0 Å². The summed E-state index contributed by atoms with van der Waals surface area (Å²) >= 11 is 1.87. The minimum atomic E-state index is -0.00173. The molecule has 8 heterocycles. The van der Waals surface area contributed by atoms with Crippen molar-refractivity contribution < 1.29 is 26.5 Å². The van der Waals surface area contributed by atoms with Gasteiger partial charge in [0.15, 0.2) is 0 Å². The molecule has 0 bridgehead atoms. The third kappa shape index (κ3) is 15.5. The van der Waals surface area contributed by atoms with Gasteiger partial charge in [0.1, 0.15) is 61.4 Å². The first-order valence-corrected chi connectivity index (χ1v) is 50.8. The molecule has 2 aliphatic carbocycles. The van der Waals surface area contributed by atoms with Crippen LogP contribution in [-0.2, 0) is 17.9 Å². The van der Waals surface area contributed by atoms with E-state index in [1.165, 1.54) is 131 Å². The number of hydrogen-bond donors (Lipinski definition) is 0. The lowest BCUT2D eigenvalue weighted by molar-refractivity contribution is 0.616. The molecular formula is C133H108N6O6S. The number of nitrogens with zero attached hydrogens (tertiary/aromatic N) is 6. The molecule has 712 valence electrons. The number of anilines is 10. The summed E-state index contributed by atoms with van der Waals surface area (Å²) < 4.78 is 40.5. The molecule has 0 spiro atoms. The van der Waals surface area contributed by atoms with Gasteiger partial charge in [0.2, 0.25) is 0 Å². The molecule has 0 saturated carbocycles. The monoisotopic (exact) mass is 1920 g/mol. The van der Waals surface area contributed by atoms with Gasteiger partial charge in [-0.15, -0.1) is 11.3 Å². The van der Waals surface area contributed by atoms with Crippen molar-refractivity contribution in [2.45, 2.75) is 73.1 Å². The first-order chi connectivity index (χ1) is 70.8. The fourth-order valence-electron chi connectivity index (χ4n) is 22.4. The Balaban J connectivity index is 0.0000000952. The smallest absolute Gasteiger partial charge is 0.137 e. The molecule has 29 rings (SSSR count). The summed E-state index contributed by atoms with van der Waals surface area (Å²) in [5.74, 6) is 0. The van der Waals surface area contributed by atoms with Gasteiger partial charge in [0, 0.05) is 212 Å². The molecule has 13 heteroatoms. The van der Waals surface area contributed by atoms with E-state index in [-0.39, 0.29) is 10.8 Å². The van der Waals surface area contributed by atoms with Crippen molar-refractivity contribution in [3.8, 4) is 22.3 Å². The van der Waals surface area contributed by atoms with E-state index >= 15 is 0 Å². The van der Waals surface area contributed by atoms with Crippen LogP contribution < -0.4 is 24.5 Å². The molecule has 0 N–H and O–H groups in total. The Morgan fingerprint density at radius 3 is 0.938 bits per heavy atom. The molecule has 0 saturated heterocycles. The molecule has 12 nitrogen and oxygen atoms in total. The van der Waals surface area contributed by atoms with Crippen molar-refractivity contribution in [3.63, 3.8) is 0 Å². The Morgan fingerprint density at radius 2 is 0.486 bits per heavy atom. The highest BCUT2D eigenvalue weighted by Gasteiger charge is 2.38. The van der Waals surface area contributed by atoms with Crippen molar-refractivity contribution in [1.82, 2.24) is 4.57 Å². The first kappa shape index (κ1) is 90.0. The largest absolute Gasteiger partial charge is 0.464 e. The molecule has 146 heavy (non-hydrogen) atoms. The second kappa shape index (κ2) is 35.1. The van der Waals surface area contributed by atoms with Crippen molar-refractivity contribution in [2.75, 3.05) is 59.7 Å². The SMILES string of the molecule is Cc1ccc2c(c1)C(C)(C)c1cc(N(C)c3ccc4oc5ccccc5c4c3)ccc1-2.Cc1ccc2c(c1)C(C)(C)c1cc(N(C)c3ccc4occc4c3)ccc1-2.Cc1ccc2c(c1)oc1cc(N(C)c3ccc4oc5ccccc5c4c3)ccc12.Cc1ccc2c(c1)sc1cc(N(C)c3ccc4oc5ccccc5c4c3)ccc12.Cc1ccc2c3ccc(N(C)c4ccc5oc6ccccc6c5c4)cc3n(C)c2c1. The van der Waals surface area contributed by atoms with E-state index in [4.69, 9.17) is 26.5 Å². The third-order valence-electron chi connectivity index (χ3n) is 30.8. The molecule has 0 unspecified atom stereocenters. The molecule has 0 fully saturated rings. The molecule has 0 radical (unpaired) electrons. The summed E-state index contributed by atoms with van der Waals surface area (Å²) in [4.78, 5) is 11.2. The zero-order chi connectivity index (χ0) is 99.6. The molecule has 0 amide bonds. The number of aryl methyl sites for hydroxylation is 6. The Kier molecular flexibility index (Phi) is 21.7. The molecule has 0 atom stereocenters. The van der Waals surface area contributed by atoms with E-state index in [1.807, 2.05) is 84.1 Å². The van der Waals surface area contributed by atoms with Crippen molar-refractivity contribution in [2.24, 2.45) is 7.05 Å². The molecule has 19 aromatic carbocycles. The average molecular weight is 1920 g/mol. The highest BCUT2D eigenvalue weighted by atomic mass is 32.1. The minimum absolute atomic E-state index is 0.00173. The van der Waals surface area contributed by atoms with Gasteiger partial charge in [-0.2, -0.15) is 0 Å². The van der Waals surface area contributed by atoms with Crippen LogP contribution in [0, 0.1) is 34.6 Å². The summed E-state index contributed by atoms with van der Waals surface area (Å²) in [5.41, 5.74) is 41.8. The normalized spacial score (nSPS) is 12.7. The van der Waals surface area contributed by atoms with Gasteiger partial charge in [0.25, 0.3) is 0 Å². The van der Waals surface area contributed by atoms with Gasteiger partial charge in [-0.1, -0.05) is 209 Å². The maximum atomic E-state index is 6.13. The van der Waals surface area contributed by atoms with Gasteiger partial charge in [-0.25, -0.2) is 0 Å². The van der Waals surface area contributed by atoms with Crippen LogP contribution in [0.2, 0.25) is 0 Å². The number of thiophene rings is 1. The lowest BCUT2D eigenvalue weighted by Gasteiger charge is -2.25. The van der Waals surface area contributed by atoms with E-state index < -0.39 is 0 Å². The summed E-state index contributed by atoms with van der Waals surface area (Å²) in [6.07, 6.45) is 1.74. The Bertz CT molecular complexity index is 9720. The summed E-state index contributed by atoms with van der Waals surface area (Å²) in [7, 11) is 12.8. The predicted octanol–water partition coefficient (Wildman–Crippen LogP) is 37.7. The van der Waals surface area contributed by atoms with Gasteiger partial charge in [0.05, 0.1) is 11.8 Å². The standard InChI is InChI=1S/C29H25NO.C27H22N2O.C26H19NO2.C26H19NOS.C25H23NO/c1-18-9-12-21-22-13-10-20(17-26(22)29(2,3)25(21)15-18)30(4)19-11-14-28-24(16-19)23-7-5-6-8-27(23)31-28;1-17-8-11-20-21-12-9-19(16-25(21)29(3)24(20)14-17)28(2)18-10-13-27-23(15-18)22-6-4-5-7-26(22)30-27;2*1-16-7-10-20-21-11-8-18(15-26(21)29-25(20)13-16)27(2)17-9-12-24-22(14-17)19-5-3-4-6-23(19)28-24;1-16-5-8-20-21-9-6-19(15-23(21)25(2,3)22(20)13-16)26(4)18-7-10-24-17(14-18)11-12-27-24/h5-17H,1-4H3;4-16H,1-3H3;2*3-15H,1-2H3;5-15H,1-4H3. The quantitative estimate of drug-likeness (QED) is 0.131. The second-order valence-corrected chi connectivity index (χ2v) is 41.8. The average Bonchev–Trinajstić information content (AvgIpc) is 1.57. The fraction of sp³-hybridized carbons (Fsp3) is 0.128. The third-order valence-corrected chi connectivity index (χ3v) is 31.9. The minimum Gasteiger partial charge on any atom is -0.464 e. The highest BCUT2D eigenvalue weighted by Crippen LogP contribution is 2.54. The predicted molar refractivity (Wildman–Crippen MR) is 617 cm³/mol. The topological polar surface area (TPSA) is 100.0 Å². The number of aromatic nitrogens is 1. The van der Waals surface area contributed by atoms with E-state index in [1.54, 1.807) is 6.26 Å². The van der Waals surface area contributed by atoms with Crippen LogP contribution in [-0.4, -0.2) is 39.8 Å². The maximum Gasteiger partial charge on any atom is 0.137 e. The van der Waals surface area contributed by atoms with Crippen molar-refractivity contribution in [3.05, 3.63) is 432 Å². The zero-order valence-corrected chi connectivity index (χ0v) is 85.2. The van der Waals surface area contributed by atoms with Gasteiger partial charge in [-0.3, -0.25) is 0 Å². The molecule has 0 aliphatic heterocycles. The van der Waals surface area contributed by atoms with Crippen LogP contribution in [0.4, 0.5) is 56.9 Å². The Morgan fingerprint density at radius 1 is 0.212 bits per heavy atom. The maximum absolute atomic E-state index is 6.13. The Labute approximate surface area is 850 Å². The summed E-state index contributed by atoms with van der Waals surface area (Å²) in [6, 6.07) is 134. The highest BCUT2D eigenvalue weighted by molar-refractivity contribution is 7.25. The van der Waals surface area contributed by atoms with Crippen LogP contribution in [0.1, 0.15) is 77.8 Å². The van der Waals surface area contributed by atoms with Gasteiger partial charge in [-0.05, 0) is 296 Å². The van der Waals surface area contributed by atoms with E-state index in [0.29, 0.717) is 0 Å². The number of furan rings is 6. The summed E-state index contributed by atoms with van der Waals surface area (Å²) in [5, 5.41) is 17.9.